The molecule has 1 saturated carbocycles. The lowest BCUT2D eigenvalue weighted by Gasteiger charge is -2.14. The minimum absolute atomic E-state index is 0.0634. The molecule has 2 N–H and O–H groups in total. The van der Waals surface area contributed by atoms with Crippen molar-refractivity contribution in [1.29, 1.82) is 0 Å². The molecule has 0 unspecified atom stereocenters. The van der Waals surface area contributed by atoms with Crippen molar-refractivity contribution in [2.24, 2.45) is 0 Å². The summed E-state index contributed by atoms with van der Waals surface area (Å²) in [6.45, 7) is 1.86. The van der Waals surface area contributed by atoms with E-state index in [9.17, 15) is 13.5 Å². The lowest BCUT2D eigenvalue weighted by Crippen LogP contribution is -2.32. The van der Waals surface area contributed by atoms with Gasteiger partial charge in [0.15, 0.2) is 0 Å². The minimum atomic E-state index is -3.46. The van der Waals surface area contributed by atoms with Gasteiger partial charge in [0.1, 0.15) is 0 Å². The number of aliphatic hydroxyl groups is 1. The molecule has 106 valence electrons. The Bertz CT molecular complexity index is 534. The zero-order chi connectivity index (χ0) is 13.9. The number of benzene rings is 1. The maximum absolute atomic E-state index is 12.3. The van der Waals surface area contributed by atoms with Gasteiger partial charge in [-0.25, -0.2) is 13.1 Å². The Balaban J connectivity index is 2.24. The zero-order valence-corrected chi connectivity index (χ0v) is 12.0. The highest BCUT2D eigenvalue weighted by molar-refractivity contribution is 7.89. The van der Waals surface area contributed by atoms with Crippen LogP contribution in [-0.2, 0) is 23.1 Å². The number of rotatable bonds is 5. The van der Waals surface area contributed by atoms with Crippen LogP contribution in [0.15, 0.2) is 23.1 Å². The van der Waals surface area contributed by atoms with E-state index >= 15 is 0 Å². The average Bonchev–Trinajstić information content (AvgIpc) is 2.89. The van der Waals surface area contributed by atoms with E-state index in [1.165, 1.54) is 0 Å². The van der Waals surface area contributed by atoms with Crippen molar-refractivity contribution in [3.05, 3.63) is 29.3 Å². The molecule has 0 radical (unpaired) electrons. The first-order valence-corrected chi connectivity index (χ1v) is 8.30. The third-order valence-corrected chi connectivity index (χ3v) is 5.23. The lowest BCUT2D eigenvalue weighted by molar-refractivity contribution is 0.280. The summed E-state index contributed by atoms with van der Waals surface area (Å²) in [5.74, 6) is 0. The van der Waals surface area contributed by atoms with E-state index < -0.39 is 10.0 Å². The highest BCUT2D eigenvalue weighted by Crippen LogP contribution is 2.22. The Kier molecular flexibility index (Phi) is 4.60. The Hall–Kier alpha value is -0.910. The minimum Gasteiger partial charge on any atom is -0.392 e. The number of sulfonamides is 1. The third-order valence-electron chi connectivity index (χ3n) is 3.72. The van der Waals surface area contributed by atoms with Crippen LogP contribution >= 0.6 is 0 Å². The maximum atomic E-state index is 12.3. The molecule has 0 aliphatic heterocycles. The Morgan fingerprint density at radius 1 is 1.26 bits per heavy atom. The van der Waals surface area contributed by atoms with E-state index in [2.05, 4.69) is 4.72 Å². The molecule has 0 spiro atoms. The molecule has 0 bridgehead atoms. The summed E-state index contributed by atoms with van der Waals surface area (Å²) in [7, 11) is -3.46. The van der Waals surface area contributed by atoms with E-state index in [-0.39, 0.29) is 17.5 Å². The van der Waals surface area contributed by atoms with E-state index in [1.807, 2.05) is 6.92 Å². The summed E-state index contributed by atoms with van der Waals surface area (Å²) in [5.41, 5.74) is 1.68. The van der Waals surface area contributed by atoms with Crippen LogP contribution in [0.5, 0.6) is 0 Å². The van der Waals surface area contributed by atoms with Gasteiger partial charge >= 0.3 is 0 Å². The first kappa shape index (κ1) is 14.5. The summed E-state index contributed by atoms with van der Waals surface area (Å²) >= 11 is 0. The van der Waals surface area contributed by atoms with Gasteiger partial charge in [0, 0.05) is 6.04 Å². The van der Waals surface area contributed by atoms with Gasteiger partial charge in [0.05, 0.1) is 11.5 Å². The van der Waals surface area contributed by atoms with Gasteiger partial charge in [0.25, 0.3) is 0 Å². The summed E-state index contributed by atoms with van der Waals surface area (Å²) in [6.07, 6.45) is 4.79. The van der Waals surface area contributed by atoms with E-state index in [4.69, 9.17) is 0 Å². The molecule has 0 atom stereocenters. The molecule has 1 aliphatic rings. The number of aliphatic hydroxyl groups excluding tert-OH is 1. The number of nitrogens with one attached hydrogen (secondary N) is 1. The van der Waals surface area contributed by atoms with Crippen LogP contribution in [0.25, 0.3) is 0 Å². The zero-order valence-electron chi connectivity index (χ0n) is 11.2. The molecule has 5 heteroatoms. The standard InChI is InChI=1S/C14H21NO3S/c1-2-11-7-8-14(9-12(11)10-16)19(17,18)15-13-5-3-4-6-13/h7-9,13,15-16H,2-6,10H2,1H3. The predicted octanol–water partition coefficient (Wildman–Crippen LogP) is 1.96. The second-order valence-corrected chi connectivity index (χ2v) is 6.76. The lowest BCUT2D eigenvalue weighted by atomic mass is 10.1. The summed E-state index contributed by atoms with van der Waals surface area (Å²) in [5, 5.41) is 9.31. The van der Waals surface area contributed by atoms with Gasteiger partial charge in [0.2, 0.25) is 10.0 Å². The van der Waals surface area contributed by atoms with Crippen molar-refractivity contribution >= 4 is 10.0 Å². The van der Waals surface area contributed by atoms with Crippen LogP contribution < -0.4 is 4.72 Å². The third kappa shape index (κ3) is 3.35. The van der Waals surface area contributed by atoms with Crippen molar-refractivity contribution in [1.82, 2.24) is 4.72 Å². The number of hydrogen-bond donors (Lipinski definition) is 2. The highest BCUT2D eigenvalue weighted by atomic mass is 32.2. The van der Waals surface area contributed by atoms with Crippen LogP contribution in [0.1, 0.15) is 43.7 Å². The highest BCUT2D eigenvalue weighted by Gasteiger charge is 2.23. The monoisotopic (exact) mass is 283 g/mol. The van der Waals surface area contributed by atoms with E-state index in [1.54, 1.807) is 18.2 Å². The molecule has 0 amide bonds. The molecular weight excluding hydrogens is 262 g/mol. The molecule has 1 aromatic carbocycles. The molecule has 1 aliphatic carbocycles. The molecule has 0 aromatic heterocycles. The largest absolute Gasteiger partial charge is 0.392 e. The molecule has 1 fully saturated rings. The average molecular weight is 283 g/mol. The molecule has 1 aromatic rings. The molecule has 2 rings (SSSR count). The Morgan fingerprint density at radius 2 is 1.95 bits per heavy atom. The smallest absolute Gasteiger partial charge is 0.240 e. The molecule has 0 saturated heterocycles. The van der Waals surface area contributed by atoms with Crippen molar-refractivity contribution in [2.75, 3.05) is 0 Å². The summed E-state index contributed by atoms with van der Waals surface area (Å²) in [4.78, 5) is 0.251. The Morgan fingerprint density at radius 3 is 2.53 bits per heavy atom. The van der Waals surface area contributed by atoms with Gasteiger partial charge in [-0.1, -0.05) is 25.8 Å². The summed E-state index contributed by atoms with van der Waals surface area (Å²) < 4.78 is 27.3. The predicted molar refractivity (Wildman–Crippen MR) is 74.3 cm³/mol. The normalized spacial score (nSPS) is 16.9. The van der Waals surface area contributed by atoms with Crippen molar-refractivity contribution in [3.8, 4) is 0 Å². The SMILES string of the molecule is CCc1ccc(S(=O)(=O)NC2CCCC2)cc1CO. The van der Waals surface area contributed by atoms with Gasteiger partial charge in [-0.3, -0.25) is 0 Å². The van der Waals surface area contributed by atoms with Crippen LogP contribution in [0.3, 0.4) is 0 Å². The van der Waals surface area contributed by atoms with Crippen molar-refractivity contribution in [3.63, 3.8) is 0 Å². The van der Waals surface area contributed by atoms with Gasteiger partial charge in [-0.15, -0.1) is 0 Å². The van der Waals surface area contributed by atoms with Gasteiger partial charge < -0.3 is 5.11 Å². The second-order valence-electron chi connectivity index (χ2n) is 5.04. The number of hydrogen-bond acceptors (Lipinski definition) is 3. The quantitative estimate of drug-likeness (QED) is 0.868. The van der Waals surface area contributed by atoms with Crippen molar-refractivity contribution in [2.45, 2.75) is 56.6 Å². The second kappa shape index (κ2) is 6.03. The summed E-state index contributed by atoms with van der Waals surface area (Å²) in [6, 6.07) is 5.05. The first-order valence-electron chi connectivity index (χ1n) is 6.82. The fourth-order valence-corrected chi connectivity index (χ4v) is 3.95. The van der Waals surface area contributed by atoms with Crippen LogP contribution in [-0.4, -0.2) is 19.6 Å². The van der Waals surface area contributed by atoms with Crippen LogP contribution in [0.4, 0.5) is 0 Å². The first-order chi connectivity index (χ1) is 9.06. The maximum Gasteiger partial charge on any atom is 0.240 e. The molecule has 0 heterocycles. The molecule has 19 heavy (non-hydrogen) atoms. The molecule has 4 nitrogen and oxygen atoms in total. The van der Waals surface area contributed by atoms with Crippen LogP contribution in [0, 0.1) is 0 Å². The fraction of sp³-hybridized carbons (Fsp3) is 0.571. The van der Waals surface area contributed by atoms with Gasteiger partial charge in [-0.05, 0) is 42.5 Å². The molecular formula is C14H21NO3S. The van der Waals surface area contributed by atoms with E-state index in [0.717, 1.165) is 37.7 Å². The number of aryl methyl sites for hydroxylation is 1. The van der Waals surface area contributed by atoms with E-state index in [0.29, 0.717) is 5.56 Å². The Labute approximate surface area is 114 Å². The topological polar surface area (TPSA) is 66.4 Å². The van der Waals surface area contributed by atoms with Crippen LogP contribution in [0.2, 0.25) is 0 Å². The van der Waals surface area contributed by atoms with Gasteiger partial charge in [-0.2, -0.15) is 0 Å². The fourth-order valence-electron chi connectivity index (χ4n) is 2.59. The van der Waals surface area contributed by atoms with Crippen molar-refractivity contribution < 1.29 is 13.5 Å².